The summed E-state index contributed by atoms with van der Waals surface area (Å²) in [5, 5.41) is 18.2. The minimum atomic E-state index is -1.41. The summed E-state index contributed by atoms with van der Waals surface area (Å²) in [4.78, 5) is 72.9. The SMILES string of the molecule is CSCCC(N)C(=O)NC(Cc1cnc[nH]1)C(=O)NC(Cc1c[nH]c2ccccc12)C(=O)NC(CCC(N)=O)C(=O)O. The molecule has 0 aliphatic rings. The number of H-pyrrole nitrogens is 2. The van der Waals surface area contributed by atoms with Crippen LogP contribution in [0.15, 0.2) is 43.0 Å². The average molecular weight is 601 g/mol. The number of rotatable bonds is 17. The van der Waals surface area contributed by atoms with E-state index in [4.69, 9.17) is 11.5 Å². The molecule has 2 heterocycles. The number of imidazole rings is 1. The fourth-order valence-electron chi connectivity index (χ4n) is 4.30. The number of aliphatic carboxylic acids is 1. The van der Waals surface area contributed by atoms with Crippen molar-refractivity contribution in [1.29, 1.82) is 0 Å². The minimum Gasteiger partial charge on any atom is -0.480 e. The molecule has 15 heteroatoms. The lowest BCUT2D eigenvalue weighted by molar-refractivity contribution is -0.142. The van der Waals surface area contributed by atoms with Gasteiger partial charge in [-0.1, -0.05) is 18.2 Å². The maximum Gasteiger partial charge on any atom is 0.326 e. The Kier molecular flexibility index (Phi) is 11.9. The highest BCUT2D eigenvalue weighted by molar-refractivity contribution is 7.98. The highest BCUT2D eigenvalue weighted by atomic mass is 32.2. The van der Waals surface area contributed by atoms with Crippen LogP contribution in [-0.2, 0) is 36.8 Å². The van der Waals surface area contributed by atoms with Gasteiger partial charge in [-0.05, 0) is 36.5 Å². The highest BCUT2D eigenvalue weighted by Gasteiger charge is 2.31. The van der Waals surface area contributed by atoms with E-state index in [2.05, 4.69) is 30.9 Å². The fraction of sp³-hybridized carbons (Fsp3) is 0.407. The first-order valence-corrected chi connectivity index (χ1v) is 14.7. The number of fused-ring (bicyclic) bond motifs is 1. The molecule has 0 aliphatic carbocycles. The number of nitrogens with two attached hydrogens (primary N) is 2. The molecule has 3 aromatic rings. The van der Waals surface area contributed by atoms with Crippen molar-refractivity contribution in [3.05, 3.63) is 54.2 Å². The Labute approximate surface area is 246 Å². The van der Waals surface area contributed by atoms with E-state index < -0.39 is 53.8 Å². The smallest absolute Gasteiger partial charge is 0.326 e. The molecule has 0 radical (unpaired) electrons. The van der Waals surface area contributed by atoms with E-state index in [-0.39, 0.29) is 25.7 Å². The lowest BCUT2D eigenvalue weighted by Gasteiger charge is -2.25. The van der Waals surface area contributed by atoms with Crippen LogP contribution < -0.4 is 27.4 Å². The quantitative estimate of drug-likeness (QED) is 0.100. The average Bonchev–Trinajstić information content (AvgIpc) is 3.62. The van der Waals surface area contributed by atoms with E-state index in [1.165, 1.54) is 24.3 Å². The van der Waals surface area contributed by atoms with Gasteiger partial charge in [0, 0.05) is 48.3 Å². The van der Waals surface area contributed by atoms with Crippen LogP contribution in [0.5, 0.6) is 0 Å². The Morgan fingerprint density at radius 2 is 1.62 bits per heavy atom. The second kappa shape index (κ2) is 15.6. The number of benzene rings is 1. The number of amides is 4. The molecule has 0 aliphatic heterocycles. The van der Waals surface area contributed by atoms with Gasteiger partial charge in [0.1, 0.15) is 18.1 Å². The Morgan fingerprint density at radius 3 is 2.26 bits per heavy atom. The Morgan fingerprint density at radius 1 is 0.952 bits per heavy atom. The van der Waals surface area contributed by atoms with Gasteiger partial charge in [-0.15, -0.1) is 0 Å². The zero-order chi connectivity index (χ0) is 30.6. The number of nitrogens with zero attached hydrogens (tertiary/aromatic N) is 1. The Balaban J connectivity index is 1.86. The molecule has 0 spiro atoms. The maximum absolute atomic E-state index is 13.6. The zero-order valence-corrected chi connectivity index (χ0v) is 23.9. The molecule has 42 heavy (non-hydrogen) atoms. The van der Waals surface area contributed by atoms with Crippen molar-refractivity contribution in [3.8, 4) is 0 Å². The largest absolute Gasteiger partial charge is 0.480 e. The number of para-hydroxylation sites is 1. The molecule has 0 bridgehead atoms. The number of carboxylic acid groups (broad SMARTS) is 1. The number of nitrogens with one attached hydrogen (secondary N) is 5. The van der Waals surface area contributed by atoms with Gasteiger partial charge in [-0.2, -0.15) is 11.8 Å². The van der Waals surface area contributed by atoms with Crippen molar-refractivity contribution in [2.45, 2.75) is 56.3 Å². The highest BCUT2D eigenvalue weighted by Crippen LogP contribution is 2.19. The van der Waals surface area contributed by atoms with E-state index in [1.54, 1.807) is 6.20 Å². The molecule has 2 aromatic heterocycles. The van der Waals surface area contributed by atoms with Gasteiger partial charge in [-0.3, -0.25) is 19.2 Å². The van der Waals surface area contributed by atoms with Crippen LogP contribution >= 0.6 is 11.8 Å². The first-order chi connectivity index (χ1) is 20.1. The number of carbonyl (C=O) groups is 5. The van der Waals surface area contributed by atoms with Crippen LogP contribution in [-0.4, -0.2) is 85.8 Å². The summed E-state index contributed by atoms with van der Waals surface area (Å²) in [5.74, 6) is -3.41. The lowest BCUT2D eigenvalue weighted by atomic mass is 10.0. The summed E-state index contributed by atoms with van der Waals surface area (Å²) >= 11 is 1.53. The Hall–Kier alpha value is -4.37. The standard InChI is InChI=1S/C27H36N8O6S/c1-42-9-8-18(28)24(37)34-22(11-16-13-30-14-32-16)26(39)35-21(10-15-12-31-19-5-3-2-4-17(15)19)25(38)33-20(27(40)41)6-7-23(29)36/h2-5,12-14,18,20-22,31H,6-11,28H2,1H3,(H2,29,36)(H,30,32)(H,33,38)(H,34,37)(H,35,39)(H,40,41). The van der Waals surface area contributed by atoms with Crippen molar-refractivity contribution in [1.82, 2.24) is 30.9 Å². The summed E-state index contributed by atoms with van der Waals surface area (Å²) in [6.45, 7) is 0. The molecule has 14 nitrogen and oxygen atoms in total. The van der Waals surface area contributed by atoms with Crippen LogP contribution in [0.1, 0.15) is 30.5 Å². The van der Waals surface area contributed by atoms with Crippen molar-refractivity contribution in [3.63, 3.8) is 0 Å². The number of aromatic amines is 2. The van der Waals surface area contributed by atoms with Crippen molar-refractivity contribution < 1.29 is 29.1 Å². The van der Waals surface area contributed by atoms with Gasteiger partial charge in [0.25, 0.3) is 0 Å². The summed E-state index contributed by atoms with van der Waals surface area (Å²) in [5.41, 5.74) is 13.2. The van der Waals surface area contributed by atoms with Gasteiger partial charge in [-0.25, -0.2) is 9.78 Å². The van der Waals surface area contributed by atoms with E-state index in [0.717, 1.165) is 10.9 Å². The van der Waals surface area contributed by atoms with Gasteiger partial charge in [0.05, 0.1) is 12.4 Å². The predicted molar refractivity (Wildman–Crippen MR) is 157 cm³/mol. The van der Waals surface area contributed by atoms with Gasteiger partial charge < -0.3 is 42.5 Å². The van der Waals surface area contributed by atoms with E-state index >= 15 is 0 Å². The van der Waals surface area contributed by atoms with Crippen LogP contribution in [0.4, 0.5) is 0 Å². The zero-order valence-electron chi connectivity index (χ0n) is 23.1. The molecular formula is C27H36N8O6S. The van der Waals surface area contributed by atoms with Crippen molar-refractivity contribution in [2.75, 3.05) is 12.0 Å². The second-order valence-electron chi connectivity index (χ2n) is 9.76. The number of aromatic nitrogens is 3. The van der Waals surface area contributed by atoms with Crippen LogP contribution in [0.3, 0.4) is 0 Å². The third-order valence-corrected chi connectivity index (χ3v) is 7.25. The van der Waals surface area contributed by atoms with Crippen LogP contribution in [0.25, 0.3) is 10.9 Å². The van der Waals surface area contributed by atoms with Crippen molar-refractivity contribution >= 4 is 52.3 Å². The normalized spacial score (nSPS) is 14.0. The van der Waals surface area contributed by atoms with Crippen LogP contribution in [0, 0.1) is 0 Å². The topological polar surface area (TPSA) is 238 Å². The predicted octanol–water partition coefficient (Wildman–Crippen LogP) is -0.439. The number of hydrogen-bond acceptors (Lipinski definition) is 8. The molecule has 3 rings (SSSR count). The van der Waals surface area contributed by atoms with Crippen LogP contribution in [0.2, 0.25) is 0 Å². The number of thioether (sulfide) groups is 1. The molecule has 0 saturated heterocycles. The monoisotopic (exact) mass is 600 g/mol. The van der Waals surface area contributed by atoms with Gasteiger partial charge in [0.15, 0.2) is 0 Å². The number of carbonyl (C=O) groups excluding carboxylic acids is 4. The molecule has 0 saturated carbocycles. The number of carboxylic acids is 1. The molecule has 0 fully saturated rings. The number of hydrogen-bond donors (Lipinski definition) is 8. The molecule has 4 amide bonds. The molecule has 4 unspecified atom stereocenters. The number of primary amides is 1. The van der Waals surface area contributed by atoms with Gasteiger partial charge >= 0.3 is 5.97 Å². The van der Waals surface area contributed by atoms with E-state index in [1.807, 2.05) is 30.5 Å². The summed E-state index contributed by atoms with van der Waals surface area (Å²) < 4.78 is 0. The molecule has 10 N–H and O–H groups in total. The molecular weight excluding hydrogens is 564 g/mol. The molecule has 4 atom stereocenters. The summed E-state index contributed by atoms with van der Waals surface area (Å²) in [6, 6.07) is 2.75. The van der Waals surface area contributed by atoms with E-state index in [0.29, 0.717) is 23.4 Å². The van der Waals surface area contributed by atoms with Gasteiger partial charge in [0.2, 0.25) is 23.6 Å². The third-order valence-electron chi connectivity index (χ3n) is 6.61. The third kappa shape index (κ3) is 9.34. The summed E-state index contributed by atoms with van der Waals surface area (Å²) in [6.07, 6.45) is 6.48. The fourth-order valence-corrected chi connectivity index (χ4v) is 4.79. The first kappa shape index (κ1) is 32.1. The van der Waals surface area contributed by atoms with E-state index in [9.17, 15) is 29.1 Å². The second-order valence-corrected chi connectivity index (χ2v) is 10.7. The summed E-state index contributed by atoms with van der Waals surface area (Å²) in [7, 11) is 0. The minimum absolute atomic E-state index is 0.00169. The maximum atomic E-state index is 13.6. The Bertz CT molecular complexity index is 1380. The van der Waals surface area contributed by atoms with Crippen molar-refractivity contribution in [2.24, 2.45) is 11.5 Å². The first-order valence-electron chi connectivity index (χ1n) is 13.3. The molecule has 1 aromatic carbocycles. The lowest BCUT2D eigenvalue weighted by Crippen LogP contribution is -2.58. The molecule has 226 valence electrons.